The van der Waals surface area contributed by atoms with Gasteiger partial charge in [-0.25, -0.2) is 9.59 Å². The van der Waals surface area contributed by atoms with Crippen molar-refractivity contribution < 1.29 is 33.7 Å². The van der Waals surface area contributed by atoms with E-state index in [0.29, 0.717) is 6.61 Å². The topological polar surface area (TPSA) is 137 Å². The molecule has 0 heterocycles. The third-order valence-electron chi connectivity index (χ3n) is 1.81. The zero-order valence-corrected chi connectivity index (χ0v) is 10.6. The highest BCUT2D eigenvalue weighted by atomic mass is 16.6. The summed E-state index contributed by atoms with van der Waals surface area (Å²) in [5.41, 5.74) is 5.12. The van der Waals surface area contributed by atoms with Gasteiger partial charge >= 0.3 is 11.9 Å². The Morgan fingerprint density at radius 3 is 2.58 bits per heavy atom. The fourth-order valence-corrected chi connectivity index (χ4v) is 0.827. The molecule has 0 saturated heterocycles. The summed E-state index contributed by atoms with van der Waals surface area (Å²) in [6.07, 6.45) is 0. The highest BCUT2D eigenvalue weighted by Crippen LogP contribution is 1.86. The molecule has 0 aromatic rings. The predicted molar refractivity (Wildman–Crippen MR) is 61.9 cm³/mol. The molecular formula is C10H18N2O7. The van der Waals surface area contributed by atoms with Crippen molar-refractivity contribution in [2.24, 2.45) is 5.73 Å². The molecule has 0 rings (SSSR count). The van der Waals surface area contributed by atoms with Crippen LogP contribution in [-0.2, 0) is 28.6 Å². The molecule has 9 heteroatoms. The number of carbonyl (C=O) groups is 3. The number of amides is 1. The van der Waals surface area contributed by atoms with Crippen LogP contribution in [0.5, 0.6) is 0 Å². The van der Waals surface area contributed by atoms with Gasteiger partial charge in [0.25, 0.3) is 0 Å². The zero-order valence-electron chi connectivity index (χ0n) is 10.6. The van der Waals surface area contributed by atoms with E-state index < -0.39 is 37.0 Å². The monoisotopic (exact) mass is 278 g/mol. The van der Waals surface area contributed by atoms with E-state index >= 15 is 0 Å². The van der Waals surface area contributed by atoms with E-state index in [4.69, 9.17) is 20.3 Å². The van der Waals surface area contributed by atoms with Gasteiger partial charge in [-0.05, 0) is 0 Å². The number of esters is 2. The van der Waals surface area contributed by atoms with E-state index in [0.717, 1.165) is 0 Å². The maximum atomic E-state index is 11.2. The number of nitrogens with one attached hydrogen (secondary N) is 1. The minimum atomic E-state index is -1.28. The quantitative estimate of drug-likeness (QED) is 0.233. The summed E-state index contributed by atoms with van der Waals surface area (Å²) in [5, 5.41) is 10.7. The van der Waals surface area contributed by atoms with Gasteiger partial charge in [0.05, 0.1) is 19.8 Å². The van der Waals surface area contributed by atoms with Crippen LogP contribution in [0.4, 0.5) is 0 Å². The lowest BCUT2D eigenvalue weighted by Crippen LogP contribution is -2.40. The Hall–Kier alpha value is -1.55. The first-order valence-electron chi connectivity index (χ1n) is 5.45. The van der Waals surface area contributed by atoms with Crippen LogP contribution < -0.4 is 11.1 Å². The van der Waals surface area contributed by atoms with Gasteiger partial charge in [0.1, 0.15) is 19.2 Å². The summed E-state index contributed by atoms with van der Waals surface area (Å²) in [7, 11) is 1.49. The smallest absolute Gasteiger partial charge is 0.333 e. The van der Waals surface area contributed by atoms with E-state index in [2.05, 4.69) is 10.1 Å². The molecule has 110 valence electrons. The normalized spacial score (nSPS) is 11.7. The number of ether oxygens (including phenoxy) is 3. The molecule has 0 aliphatic heterocycles. The van der Waals surface area contributed by atoms with Crippen LogP contribution in [0.15, 0.2) is 0 Å². The average molecular weight is 278 g/mol. The molecule has 1 amide bonds. The maximum Gasteiger partial charge on any atom is 0.333 e. The summed E-state index contributed by atoms with van der Waals surface area (Å²) in [5.74, 6) is -2.57. The summed E-state index contributed by atoms with van der Waals surface area (Å²) in [6.45, 7) is -0.760. The van der Waals surface area contributed by atoms with Crippen LogP contribution in [-0.4, -0.2) is 69.1 Å². The zero-order chi connectivity index (χ0) is 14.7. The first-order chi connectivity index (χ1) is 9.01. The average Bonchev–Trinajstić information content (AvgIpc) is 2.40. The van der Waals surface area contributed by atoms with Crippen LogP contribution >= 0.6 is 0 Å². The Morgan fingerprint density at radius 2 is 2.00 bits per heavy atom. The molecule has 4 N–H and O–H groups in total. The van der Waals surface area contributed by atoms with Gasteiger partial charge in [0.15, 0.2) is 0 Å². The Kier molecular flexibility index (Phi) is 9.53. The summed E-state index contributed by atoms with van der Waals surface area (Å²) in [4.78, 5) is 33.2. The maximum absolute atomic E-state index is 11.2. The third kappa shape index (κ3) is 9.08. The van der Waals surface area contributed by atoms with Crippen molar-refractivity contribution in [1.82, 2.24) is 5.32 Å². The third-order valence-corrected chi connectivity index (χ3v) is 1.81. The Bertz CT molecular complexity index is 308. The number of aliphatic hydroxyl groups excluding tert-OH is 1. The molecule has 1 atom stereocenters. The van der Waals surface area contributed by atoms with Gasteiger partial charge < -0.3 is 30.4 Å². The number of methoxy groups -OCH3 is 1. The highest BCUT2D eigenvalue weighted by Gasteiger charge is 2.18. The van der Waals surface area contributed by atoms with Crippen molar-refractivity contribution in [3.05, 3.63) is 0 Å². The lowest BCUT2D eigenvalue weighted by molar-refractivity contribution is -0.161. The first-order valence-corrected chi connectivity index (χ1v) is 5.45. The Balaban J connectivity index is 3.72. The fourth-order valence-electron chi connectivity index (χ4n) is 0.827. The van der Waals surface area contributed by atoms with Gasteiger partial charge in [-0.3, -0.25) is 4.79 Å². The molecule has 0 aromatic carbocycles. The number of rotatable bonds is 9. The van der Waals surface area contributed by atoms with Crippen LogP contribution in [0, 0.1) is 0 Å². The molecule has 0 spiro atoms. The molecule has 0 radical (unpaired) electrons. The van der Waals surface area contributed by atoms with Gasteiger partial charge in [-0.2, -0.15) is 0 Å². The van der Waals surface area contributed by atoms with Crippen molar-refractivity contribution in [2.45, 2.75) is 6.04 Å². The minimum absolute atomic E-state index is 0.235. The second-order valence-corrected chi connectivity index (χ2v) is 3.40. The van der Waals surface area contributed by atoms with E-state index in [-0.39, 0.29) is 13.2 Å². The molecule has 0 saturated carbocycles. The lowest BCUT2D eigenvalue weighted by Gasteiger charge is -2.08. The van der Waals surface area contributed by atoms with E-state index in [9.17, 15) is 14.4 Å². The standard InChI is InChI=1S/C10H18N2O7/c1-17-2-3-18-6-8(14)12-4-9(15)19-10(16)7(11)5-13/h7,13H,2-6,11H2,1H3,(H,12,14)/t7-/m0/s1. The predicted octanol–water partition coefficient (Wildman–Crippen LogP) is -2.84. The number of carbonyl (C=O) groups excluding carboxylic acids is 3. The highest BCUT2D eigenvalue weighted by molar-refractivity contribution is 5.91. The van der Waals surface area contributed by atoms with Gasteiger partial charge in [0.2, 0.25) is 5.91 Å². The van der Waals surface area contributed by atoms with Gasteiger partial charge in [0, 0.05) is 7.11 Å². The second kappa shape index (κ2) is 10.4. The van der Waals surface area contributed by atoms with Crippen molar-refractivity contribution in [2.75, 3.05) is 40.1 Å². The van der Waals surface area contributed by atoms with Crippen molar-refractivity contribution in [3.63, 3.8) is 0 Å². The lowest BCUT2D eigenvalue weighted by atomic mass is 10.3. The van der Waals surface area contributed by atoms with Crippen LogP contribution in [0.1, 0.15) is 0 Å². The first kappa shape index (κ1) is 17.4. The van der Waals surface area contributed by atoms with E-state index in [1.165, 1.54) is 7.11 Å². The largest absolute Gasteiger partial charge is 0.394 e. The van der Waals surface area contributed by atoms with E-state index in [1.807, 2.05) is 0 Å². The summed E-state index contributed by atoms with van der Waals surface area (Å²) < 4.78 is 13.9. The van der Waals surface area contributed by atoms with Crippen LogP contribution in [0.25, 0.3) is 0 Å². The molecule has 0 aliphatic carbocycles. The molecular weight excluding hydrogens is 260 g/mol. The van der Waals surface area contributed by atoms with Gasteiger partial charge in [-0.15, -0.1) is 0 Å². The summed E-state index contributed by atoms with van der Waals surface area (Å²) in [6, 6.07) is -1.28. The number of nitrogens with two attached hydrogens (primary N) is 1. The van der Waals surface area contributed by atoms with Gasteiger partial charge in [-0.1, -0.05) is 0 Å². The Labute approximate surface area is 110 Å². The van der Waals surface area contributed by atoms with Crippen LogP contribution in [0.2, 0.25) is 0 Å². The molecule has 9 nitrogen and oxygen atoms in total. The molecule has 0 fully saturated rings. The van der Waals surface area contributed by atoms with Crippen LogP contribution in [0.3, 0.4) is 0 Å². The SMILES string of the molecule is COCCOCC(=O)NCC(=O)OC(=O)[C@@H](N)CO. The number of aliphatic hydroxyl groups is 1. The van der Waals surface area contributed by atoms with E-state index in [1.54, 1.807) is 0 Å². The van der Waals surface area contributed by atoms with Crippen molar-refractivity contribution >= 4 is 17.8 Å². The van der Waals surface area contributed by atoms with Crippen molar-refractivity contribution in [1.29, 1.82) is 0 Å². The molecule has 19 heavy (non-hydrogen) atoms. The summed E-state index contributed by atoms with van der Waals surface area (Å²) >= 11 is 0. The van der Waals surface area contributed by atoms with Crippen molar-refractivity contribution in [3.8, 4) is 0 Å². The minimum Gasteiger partial charge on any atom is -0.394 e. The molecule has 0 unspecified atom stereocenters. The molecule has 0 aliphatic rings. The second-order valence-electron chi connectivity index (χ2n) is 3.40. The molecule has 0 bridgehead atoms. The fraction of sp³-hybridized carbons (Fsp3) is 0.700. The number of hydrogen-bond donors (Lipinski definition) is 3. The molecule has 0 aromatic heterocycles. The Morgan fingerprint density at radius 1 is 1.32 bits per heavy atom. The number of hydrogen-bond acceptors (Lipinski definition) is 8.